The molecule has 7 heteroatoms. The summed E-state index contributed by atoms with van der Waals surface area (Å²) < 4.78 is 24.5. The molecule has 0 aliphatic carbocycles. The van der Waals surface area contributed by atoms with Gasteiger partial charge in [-0.15, -0.1) is 0 Å². The molecule has 1 heterocycles. The Morgan fingerprint density at radius 2 is 2.27 bits per heavy atom. The Hall–Kier alpha value is -1.74. The van der Waals surface area contributed by atoms with E-state index in [9.17, 15) is 13.6 Å². The number of carbonyl (C=O) groups excluding carboxylic acids is 1. The molecule has 1 aromatic heterocycles. The number of hydrogen-bond donors (Lipinski definition) is 1. The first kappa shape index (κ1) is 11.3. The van der Waals surface area contributed by atoms with Crippen LogP contribution in [0.1, 0.15) is 28.2 Å². The van der Waals surface area contributed by atoms with Gasteiger partial charge in [0, 0.05) is 0 Å². The second-order valence-corrected chi connectivity index (χ2v) is 2.94. The minimum Gasteiger partial charge on any atom is -0.365 e. The summed E-state index contributed by atoms with van der Waals surface area (Å²) in [7, 11) is 0. The van der Waals surface area contributed by atoms with Crippen LogP contribution in [0.25, 0.3) is 0 Å². The van der Waals surface area contributed by atoms with Gasteiger partial charge in [0.05, 0.1) is 10.6 Å². The number of halogens is 3. The van der Waals surface area contributed by atoms with Crippen LogP contribution < -0.4 is 5.73 Å². The van der Waals surface area contributed by atoms with Crippen molar-refractivity contribution >= 4 is 17.5 Å². The Morgan fingerprint density at radius 1 is 1.67 bits per heavy atom. The van der Waals surface area contributed by atoms with Crippen LogP contribution in [-0.4, -0.2) is 10.9 Å². The molecule has 15 heavy (non-hydrogen) atoms. The average molecular weight is 232 g/mol. The molecular weight excluding hydrogens is 228 g/mol. The molecule has 0 spiro atoms. The van der Waals surface area contributed by atoms with Gasteiger partial charge in [-0.2, -0.15) is 5.26 Å². The number of rotatable bonds is 2. The molecule has 1 amide bonds. The maximum Gasteiger partial charge on any atom is 0.280 e. The van der Waals surface area contributed by atoms with Crippen molar-refractivity contribution in [2.75, 3.05) is 0 Å². The van der Waals surface area contributed by atoms with E-state index in [1.54, 1.807) is 0 Å². The van der Waals surface area contributed by atoms with E-state index in [1.807, 2.05) is 0 Å². The molecule has 0 saturated heterocycles. The second-order valence-electron chi connectivity index (χ2n) is 2.53. The largest absolute Gasteiger partial charge is 0.365 e. The van der Waals surface area contributed by atoms with Crippen LogP contribution in [0.15, 0.2) is 6.07 Å². The first-order valence-corrected chi connectivity index (χ1v) is 4.03. The lowest BCUT2D eigenvalue weighted by Gasteiger charge is -2.04. The summed E-state index contributed by atoms with van der Waals surface area (Å²) in [5.41, 5.74) is 3.41. The van der Waals surface area contributed by atoms with Crippen molar-refractivity contribution in [1.29, 1.82) is 5.26 Å². The van der Waals surface area contributed by atoms with Crippen LogP contribution in [0, 0.1) is 11.3 Å². The topological polar surface area (TPSA) is 79.8 Å². The maximum absolute atomic E-state index is 12.2. The zero-order valence-corrected chi connectivity index (χ0v) is 7.92. The van der Waals surface area contributed by atoms with Crippen LogP contribution in [0.4, 0.5) is 8.78 Å². The zero-order chi connectivity index (χ0) is 11.6. The number of primary amides is 1. The van der Waals surface area contributed by atoms with Gasteiger partial charge in [-0.05, 0) is 6.07 Å². The molecule has 0 aromatic carbocycles. The Bertz CT molecular complexity index is 456. The minimum absolute atomic E-state index is 0.302. The summed E-state index contributed by atoms with van der Waals surface area (Å²) in [6.45, 7) is 0. The number of pyridine rings is 1. The lowest BCUT2D eigenvalue weighted by Crippen LogP contribution is -2.15. The number of hydrogen-bond acceptors (Lipinski definition) is 3. The number of amides is 1. The normalized spacial score (nSPS) is 10.1. The molecular formula is C8H4ClF2N3O. The molecule has 0 aliphatic rings. The summed E-state index contributed by atoms with van der Waals surface area (Å²) in [6, 6.07) is 2.30. The number of alkyl halides is 2. The molecule has 0 fully saturated rings. The number of nitrogens with zero attached hydrogens (tertiary/aromatic N) is 2. The fourth-order valence-corrected chi connectivity index (χ4v) is 1.25. The van der Waals surface area contributed by atoms with E-state index in [0.29, 0.717) is 0 Å². The van der Waals surface area contributed by atoms with Crippen molar-refractivity contribution in [3.63, 3.8) is 0 Å². The number of nitriles is 1. The summed E-state index contributed by atoms with van der Waals surface area (Å²) >= 11 is 5.53. The van der Waals surface area contributed by atoms with Crippen molar-refractivity contribution < 1.29 is 13.6 Å². The smallest absolute Gasteiger partial charge is 0.280 e. The first-order valence-electron chi connectivity index (χ1n) is 3.66. The number of carbonyl (C=O) groups is 1. The van der Waals surface area contributed by atoms with Gasteiger partial charge < -0.3 is 5.73 Å². The lowest BCUT2D eigenvalue weighted by atomic mass is 10.1. The Kier molecular flexibility index (Phi) is 3.17. The minimum atomic E-state index is -2.86. The SMILES string of the molecule is N#Cc1nc(C(F)F)cc(Cl)c1C(N)=O. The third-order valence-electron chi connectivity index (χ3n) is 1.57. The fraction of sp³-hybridized carbons (Fsp3) is 0.125. The van der Waals surface area contributed by atoms with E-state index >= 15 is 0 Å². The molecule has 4 nitrogen and oxygen atoms in total. The van der Waals surface area contributed by atoms with Gasteiger partial charge in [-0.1, -0.05) is 11.6 Å². The van der Waals surface area contributed by atoms with E-state index in [0.717, 1.165) is 6.07 Å². The predicted octanol–water partition coefficient (Wildman–Crippen LogP) is 1.64. The second kappa shape index (κ2) is 4.19. The highest BCUT2D eigenvalue weighted by Crippen LogP contribution is 2.24. The van der Waals surface area contributed by atoms with Crippen LogP contribution >= 0.6 is 11.6 Å². The monoisotopic (exact) mass is 231 g/mol. The van der Waals surface area contributed by atoms with E-state index in [2.05, 4.69) is 4.98 Å². The van der Waals surface area contributed by atoms with Crippen LogP contribution in [0.2, 0.25) is 5.02 Å². The van der Waals surface area contributed by atoms with Crippen molar-refractivity contribution in [3.8, 4) is 6.07 Å². The highest BCUT2D eigenvalue weighted by atomic mass is 35.5. The molecule has 0 unspecified atom stereocenters. The van der Waals surface area contributed by atoms with Crippen LogP contribution in [-0.2, 0) is 0 Å². The predicted molar refractivity (Wildman–Crippen MR) is 47.4 cm³/mol. The van der Waals surface area contributed by atoms with Crippen molar-refractivity contribution in [1.82, 2.24) is 4.98 Å². The number of nitrogens with two attached hydrogens (primary N) is 1. The van der Waals surface area contributed by atoms with Crippen molar-refractivity contribution in [3.05, 3.63) is 28.0 Å². The van der Waals surface area contributed by atoms with Crippen molar-refractivity contribution in [2.45, 2.75) is 6.43 Å². The van der Waals surface area contributed by atoms with Gasteiger partial charge in [0.2, 0.25) is 0 Å². The Morgan fingerprint density at radius 3 is 2.67 bits per heavy atom. The Balaban J connectivity index is 3.46. The molecule has 0 saturated carbocycles. The van der Waals surface area contributed by atoms with Gasteiger partial charge in [0.15, 0.2) is 5.69 Å². The van der Waals surface area contributed by atoms with E-state index in [4.69, 9.17) is 22.6 Å². The van der Waals surface area contributed by atoms with Gasteiger partial charge >= 0.3 is 0 Å². The highest BCUT2D eigenvalue weighted by Gasteiger charge is 2.19. The zero-order valence-electron chi connectivity index (χ0n) is 7.17. The molecule has 0 aliphatic heterocycles. The summed E-state index contributed by atoms with van der Waals surface area (Å²) in [4.78, 5) is 14.1. The number of aromatic nitrogens is 1. The van der Waals surface area contributed by atoms with Gasteiger partial charge in [0.1, 0.15) is 11.8 Å². The van der Waals surface area contributed by atoms with E-state index in [-0.39, 0.29) is 10.6 Å². The maximum atomic E-state index is 12.2. The molecule has 0 bridgehead atoms. The molecule has 1 aromatic rings. The summed E-state index contributed by atoms with van der Waals surface area (Å²) in [6.07, 6.45) is -2.86. The van der Waals surface area contributed by atoms with Gasteiger partial charge in [-0.25, -0.2) is 13.8 Å². The molecule has 78 valence electrons. The third-order valence-corrected chi connectivity index (χ3v) is 1.87. The Labute approximate surface area is 88.3 Å². The van der Waals surface area contributed by atoms with Crippen molar-refractivity contribution in [2.24, 2.45) is 5.73 Å². The van der Waals surface area contributed by atoms with E-state index in [1.165, 1.54) is 6.07 Å². The molecule has 0 radical (unpaired) electrons. The fourth-order valence-electron chi connectivity index (χ4n) is 0.959. The average Bonchev–Trinajstić information content (AvgIpc) is 2.15. The molecule has 0 atom stereocenters. The van der Waals surface area contributed by atoms with E-state index < -0.39 is 23.7 Å². The standard InChI is InChI=1S/C8H4ClF2N3O/c9-3-1-4(7(10)11)14-5(2-12)6(3)8(13)15/h1,7H,(H2,13,15). The first-order chi connectivity index (χ1) is 6.97. The molecule has 2 N–H and O–H groups in total. The molecule has 1 rings (SSSR count). The van der Waals surface area contributed by atoms with Gasteiger partial charge in [-0.3, -0.25) is 4.79 Å². The van der Waals surface area contributed by atoms with Crippen LogP contribution in [0.3, 0.4) is 0 Å². The highest BCUT2D eigenvalue weighted by molar-refractivity contribution is 6.34. The third kappa shape index (κ3) is 2.19. The quantitative estimate of drug-likeness (QED) is 0.840. The summed E-state index contributed by atoms with van der Waals surface area (Å²) in [5.74, 6) is -0.982. The summed E-state index contributed by atoms with van der Waals surface area (Å²) in [5, 5.41) is 8.27. The van der Waals surface area contributed by atoms with Crippen LogP contribution in [0.5, 0.6) is 0 Å². The van der Waals surface area contributed by atoms with Gasteiger partial charge in [0.25, 0.3) is 12.3 Å². The lowest BCUT2D eigenvalue weighted by molar-refractivity contribution is 0.0999.